The topological polar surface area (TPSA) is 35.2 Å². The Bertz CT molecular complexity index is 352. The molecule has 1 aromatic carbocycles. The van der Waals surface area contributed by atoms with Crippen LogP contribution in [0.15, 0.2) is 22.7 Å². The van der Waals surface area contributed by atoms with Gasteiger partial charge in [0.1, 0.15) is 22.7 Å². The van der Waals surface area contributed by atoms with E-state index in [1.807, 2.05) is 6.92 Å². The molecular formula is C10H11BrFNOS. The third-order valence-electron chi connectivity index (χ3n) is 1.80. The van der Waals surface area contributed by atoms with Crippen LogP contribution in [0.25, 0.3) is 0 Å². The van der Waals surface area contributed by atoms with Crippen molar-refractivity contribution in [3.63, 3.8) is 0 Å². The molecule has 0 aliphatic rings. The largest absolute Gasteiger partial charge is 0.483 e. The predicted molar refractivity (Wildman–Crippen MR) is 65.6 cm³/mol. The highest BCUT2D eigenvalue weighted by Crippen LogP contribution is 2.22. The van der Waals surface area contributed by atoms with E-state index in [1.165, 1.54) is 12.1 Å². The van der Waals surface area contributed by atoms with Gasteiger partial charge in [0.2, 0.25) is 0 Å². The number of halogens is 2. The van der Waals surface area contributed by atoms with Crippen molar-refractivity contribution in [2.75, 3.05) is 0 Å². The van der Waals surface area contributed by atoms with Crippen LogP contribution < -0.4 is 10.5 Å². The third kappa shape index (κ3) is 3.76. The minimum Gasteiger partial charge on any atom is -0.483 e. The lowest BCUT2D eigenvalue weighted by molar-refractivity contribution is 0.262. The Labute approximate surface area is 102 Å². The summed E-state index contributed by atoms with van der Waals surface area (Å²) in [7, 11) is 0. The average Bonchev–Trinajstić information content (AvgIpc) is 2.12. The van der Waals surface area contributed by atoms with Gasteiger partial charge in [0.05, 0.1) is 0 Å². The molecule has 0 fully saturated rings. The standard InChI is InChI=1S/C10H11BrFNOS/c1-2-9(10(13)15)14-8-4-6(11)3-7(12)5-8/h3-5,9H,2H2,1H3,(H2,13,15). The summed E-state index contributed by atoms with van der Waals surface area (Å²) in [4.78, 5) is 0.276. The number of thiocarbonyl (C=S) groups is 1. The van der Waals surface area contributed by atoms with Crippen molar-refractivity contribution in [3.05, 3.63) is 28.5 Å². The van der Waals surface area contributed by atoms with Gasteiger partial charge in [0.25, 0.3) is 0 Å². The molecule has 0 amide bonds. The van der Waals surface area contributed by atoms with Crippen LogP contribution >= 0.6 is 28.1 Å². The molecule has 15 heavy (non-hydrogen) atoms. The minimum atomic E-state index is -0.364. The lowest BCUT2D eigenvalue weighted by Crippen LogP contribution is -2.31. The summed E-state index contributed by atoms with van der Waals surface area (Å²) in [5.41, 5.74) is 5.47. The summed E-state index contributed by atoms with van der Waals surface area (Å²) in [6.45, 7) is 1.90. The maximum absolute atomic E-state index is 13.0. The fourth-order valence-electron chi connectivity index (χ4n) is 1.10. The van der Waals surface area contributed by atoms with Gasteiger partial charge >= 0.3 is 0 Å². The molecule has 0 heterocycles. The van der Waals surface area contributed by atoms with Gasteiger partial charge in [-0.15, -0.1) is 0 Å². The van der Waals surface area contributed by atoms with Crippen LogP contribution in [-0.4, -0.2) is 11.1 Å². The predicted octanol–water partition coefficient (Wildman–Crippen LogP) is 3.03. The number of ether oxygens (including phenoxy) is 1. The molecule has 0 bridgehead atoms. The first-order valence-corrected chi connectivity index (χ1v) is 5.65. The second kappa shape index (κ2) is 5.42. The molecule has 1 rings (SSSR count). The Morgan fingerprint density at radius 3 is 2.73 bits per heavy atom. The van der Waals surface area contributed by atoms with E-state index < -0.39 is 0 Å². The summed E-state index contributed by atoms with van der Waals surface area (Å²) < 4.78 is 19.1. The van der Waals surface area contributed by atoms with Crippen LogP contribution in [0.1, 0.15) is 13.3 Å². The molecule has 0 saturated heterocycles. The first kappa shape index (κ1) is 12.4. The van der Waals surface area contributed by atoms with Crippen molar-refractivity contribution < 1.29 is 9.13 Å². The van der Waals surface area contributed by atoms with Gasteiger partial charge in [0, 0.05) is 10.5 Å². The molecule has 5 heteroatoms. The molecule has 0 aliphatic heterocycles. The Kier molecular flexibility index (Phi) is 4.47. The quantitative estimate of drug-likeness (QED) is 0.866. The van der Waals surface area contributed by atoms with Gasteiger partial charge in [-0.2, -0.15) is 0 Å². The SMILES string of the molecule is CCC(Oc1cc(F)cc(Br)c1)C(N)=S. The normalized spacial score (nSPS) is 12.2. The number of benzene rings is 1. The van der Waals surface area contributed by atoms with Crippen LogP contribution in [0, 0.1) is 5.82 Å². The van der Waals surface area contributed by atoms with Crippen molar-refractivity contribution in [2.45, 2.75) is 19.4 Å². The lowest BCUT2D eigenvalue weighted by Gasteiger charge is -2.16. The molecule has 0 saturated carbocycles. The van der Waals surface area contributed by atoms with E-state index in [9.17, 15) is 4.39 Å². The second-order valence-corrected chi connectivity index (χ2v) is 4.41. The number of rotatable bonds is 4. The highest BCUT2D eigenvalue weighted by Gasteiger charge is 2.11. The summed E-state index contributed by atoms with van der Waals surface area (Å²) >= 11 is 8.01. The number of hydrogen-bond donors (Lipinski definition) is 1. The molecule has 2 N–H and O–H groups in total. The fraction of sp³-hybridized carbons (Fsp3) is 0.300. The van der Waals surface area contributed by atoms with Crippen molar-refractivity contribution in [1.29, 1.82) is 0 Å². The van der Waals surface area contributed by atoms with Gasteiger partial charge in [0.15, 0.2) is 0 Å². The highest BCUT2D eigenvalue weighted by molar-refractivity contribution is 9.10. The van der Waals surface area contributed by atoms with E-state index in [2.05, 4.69) is 15.9 Å². The molecular weight excluding hydrogens is 281 g/mol. The van der Waals surface area contributed by atoms with Crippen molar-refractivity contribution >= 4 is 33.1 Å². The van der Waals surface area contributed by atoms with Gasteiger partial charge in [-0.1, -0.05) is 35.1 Å². The zero-order chi connectivity index (χ0) is 11.4. The molecule has 0 aliphatic carbocycles. The van der Waals surface area contributed by atoms with Gasteiger partial charge in [-0.25, -0.2) is 4.39 Å². The van der Waals surface area contributed by atoms with Crippen LogP contribution in [0.2, 0.25) is 0 Å². The first-order valence-electron chi connectivity index (χ1n) is 4.45. The zero-order valence-electron chi connectivity index (χ0n) is 8.17. The van der Waals surface area contributed by atoms with Crippen LogP contribution in [0.3, 0.4) is 0 Å². The molecule has 2 nitrogen and oxygen atoms in total. The molecule has 0 spiro atoms. The molecule has 0 aromatic heterocycles. The molecule has 82 valence electrons. The number of nitrogens with two attached hydrogens (primary N) is 1. The maximum atomic E-state index is 13.0. The van der Waals surface area contributed by atoms with Crippen molar-refractivity contribution in [1.82, 2.24) is 0 Å². The lowest BCUT2D eigenvalue weighted by atomic mass is 10.2. The Morgan fingerprint density at radius 2 is 2.27 bits per heavy atom. The number of hydrogen-bond acceptors (Lipinski definition) is 2. The third-order valence-corrected chi connectivity index (χ3v) is 2.52. The van der Waals surface area contributed by atoms with Gasteiger partial charge < -0.3 is 10.5 Å². The Morgan fingerprint density at radius 1 is 1.60 bits per heavy atom. The molecule has 1 unspecified atom stereocenters. The minimum absolute atomic E-state index is 0.276. The maximum Gasteiger partial charge on any atom is 0.148 e. The summed E-state index contributed by atoms with van der Waals surface area (Å²) in [6.07, 6.45) is 0.303. The van der Waals surface area contributed by atoms with E-state index >= 15 is 0 Å². The molecule has 1 aromatic rings. The average molecular weight is 292 g/mol. The smallest absolute Gasteiger partial charge is 0.148 e. The van der Waals surface area contributed by atoms with E-state index in [4.69, 9.17) is 22.7 Å². The Balaban J connectivity index is 2.83. The van der Waals surface area contributed by atoms with Crippen LogP contribution in [0.4, 0.5) is 4.39 Å². The van der Waals surface area contributed by atoms with E-state index in [-0.39, 0.29) is 16.9 Å². The van der Waals surface area contributed by atoms with E-state index in [1.54, 1.807) is 6.07 Å². The fourth-order valence-corrected chi connectivity index (χ4v) is 1.76. The van der Waals surface area contributed by atoms with Crippen LogP contribution in [-0.2, 0) is 0 Å². The Hall–Kier alpha value is -0.680. The summed E-state index contributed by atoms with van der Waals surface area (Å²) in [5.74, 6) is 0.0543. The monoisotopic (exact) mass is 291 g/mol. The molecule has 1 atom stereocenters. The van der Waals surface area contributed by atoms with Gasteiger partial charge in [-0.05, 0) is 18.6 Å². The molecule has 0 radical (unpaired) electrons. The van der Waals surface area contributed by atoms with Crippen molar-refractivity contribution in [3.8, 4) is 5.75 Å². The summed E-state index contributed by atoms with van der Waals surface area (Å²) in [6, 6.07) is 4.32. The first-order chi connectivity index (χ1) is 7.02. The second-order valence-electron chi connectivity index (χ2n) is 3.02. The highest BCUT2D eigenvalue weighted by atomic mass is 79.9. The van der Waals surface area contributed by atoms with Crippen LogP contribution in [0.5, 0.6) is 5.75 Å². The van der Waals surface area contributed by atoms with Crippen molar-refractivity contribution in [2.24, 2.45) is 5.73 Å². The van der Waals surface area contributed by atoms with E-state index in [0.29, 0.717) is 16.6 Å². The summed E-state index contributed by atoms with van der Waals surface area (Å²) in [5, 5.41) is 0. The van der Waals surface area contributed by atoms with E-state index in [0.717, 1.165) is 0 Å². The zero-order valence-corrected chi connectivity index (χ0v) is 10.6. The van der Waals surface area contributed by atoms with Gasteiger partial charge in [-0.3, -0.25) is 0 Å².